The highest BCUT2D eigenvalue weighted by atomic mass is 79.9. The van der Waals surface area contributed by atoms with Crippen molar-refractivity contribution in [2.75, 3.05) is 6.54 Å². The molecule has 25 heavy (non-hydrogen) atoms. The number of carbonyl (C=O) groups is 2. The lowest BCUT2D eigenvalue weighted by molar-refractivity contribution is -0.175. The van der Waals surface area contributed by atoms with Crippen molar-refractivity contribution in [3.63, 3.8) is 0 Å². The lowest BCUT2D eigenvalue weighted by Gasteiger charge is -2.45. The number of piperidine rings is 2. The number of hydrogen-bond acceptors (Lipinski definition) is 4. The number of carbonyl (C=O) groups excluding carboxylic acids is 2. The van der Waals surface area contributed by atoms with Gasteiger partial charge in [0.1, 0.15) is 18.6 Å². The minimum absolute atomic E-state index is 0.0588. The summed E-state index contributed by atoms with van der Waals surface area (Å²) in [6, 6.07) is 7.72. The van der Waals surface area contributed by atoms with E-state index in [1.807, 2.05) is 31.2 Å². The molecule has 3 heterocycles. The van der Waals surface area contributed by atoms with E-state index in [1.165, 1.54) is 0 Å². The Kier molecular flexibility index (Phi) is 4.36. The molecule has 4 atom stereocenters. The normalized spacial score (nSPS) is 33.4. The highest BCUT2D eigenvalue weighted by Crippen LogP contribution is 2.55. The number of fused-ring (bicyclic) bond motifs is 1. The van der Waals surface area contributed by atoms with Gasteiger partial charge in [0, 0.05) is 16.9 Å². The van der Waals surface area contributed by atoms with Crippen LogP contribution in [0.4, 0.5) is 0 Å². The van der Waals surface area contributed by atoms with E-state index in [4.69, 9.17) is 9.47 Å². The molecule has 2 bridgehead atoms. The van der Waals surface area contributed by atoms with Crippen LogP contribution in [0.1, 0.15) is 38.2 Å². The first kappa shape index (κ1) is 17.0. The van der Waals surface area contributed by atoms with Crippen LogP contribution < -0.4 is 0 Å². The molecule has 6 heteroatoms. The van der Waals surface area contributed by atoms with Gasteiger partial charge in [0.2, 0.25) is 0 Å². The minimum Gasteiger partial charge on any atom is -0.460 e. The number of esters is 1. The number of halogens is 1. The molecule has 1 aromatic carbocycles. The lowest BCUT2D eigenvalue weighted by atomic mass is 9.74. The number of ether oxygens (including phenoxy) is 2. The van der Waals surface area contributed by atoms with Gasteiger partial charge in [-0.1, -0.05) is 35.0 Å². The molecule has 0 radical (unpaired) electrons. The zero-order chi connectivity index (χ0) is 17.6. The first-order valence-corrected chi connectivity index (χ1v) is 9.76. The van der Waals surface area contributed by atoms with E-state index < -0.39 is 11.8 Å². The third kappa shape index (κ3) is 2.61. The van der Waals surface area contributed by atoms with Crippen molar-refractivity contribution in [1.29, 1.82) is 0 Å². The first-order valence-electron chi connectivity index (χ1n) is 8.97. The third-order valence-electron chi connectivity index (χ3n) is 5.79. The fourth-order valence-corrected chi connectivity index (χ4v) is 4.89. The van der Waals surface area contributed by atoms with Crippen molar-refractivity contribution in [2.45, 2.75) is 51.0 Å². The summed E-state index contributed by atoms with van der Waals surface area (Å²) in [7, 11) is 0. The van der Waals surface area contributed by atoms with Gasteiger partial charge in [-0.3, -0.25) is 9.59 Å². The predicted octanol–water partition coefficient (Wildman–Crippen LogP) is 3.26. The van der Waals surface area contributed by atoms with Gasteiger partial charge in [0.25, 0.3) is 5.91 Å². The molecule has 4 rings (SSSR count). The van der Waals surface area contributed by atoms with E-state index in [-0.39, 0.29) is 30.3 Å². The fourth-order valence-electron chi connectivity index (χ4n) is 4.63. The second-order valence-electron chi connectivity index (χ2n) is 7.11. The van der Waals surface area contributed by atoms with E-state index >= 15 is 0 Å². The smallest absolute Gasteiger partial charge is 0.314 e. The van der Waals surface area contributed by atoms with Crippen molar-refractivity contribution >= 4 is 27.8 Å². The Morgan fingerprint density at radius 3 is 2.84 bits per heavy atom. The van der Waals surface area contributed by atoms with Crippen molar-refractivity contribution in [3.8, 4) is 0 Å². The summed E-state index contributed by atoms with van der Waals surface area (Å²) in [5.74, 6) is -0.643. The summed E-state index contributed by atoms with van der Waals surface area (Å²) in [4.78, 5) is 27.3. The van der Waals surface area contributed by atoms with Crippen LogP contribution in [0, 0.1) is 11.8 Å². The molecule has 1 spiro atoms. The second-order valence-corrected chi connectivity index (χ2v) is 8.03. The van der Waals surface area contributed by atoms with E-state index in [0.717, 1.165) is 35.7 Å². The number of rotatable bonds is 4. The molecule has 3 aliphatic heterocycles. The minimum atomic E-state index is -0.766. The highest BCUT2D eigenvalue weighted by Gasteiger charge is 2.69. The van der Waals surface area contributed by atoms with E-state index in [1.54, 1.807) is 4.90 Å². The second kappa shape index (κ2) is 6.40. The highest BCUT2D eigenvalue weighted by molar-refractivity contribution is 9.10. The molecular weight excluding hydrogens is 386 g/mol. The molecule has 0 unspecified atom stereocenters. The topological polar surface area (TPSA) is 55.8 Å². The van der Waals surface area contributed by atoms with Gasteiger partial charge in [-0.15, -0.1) is 0 Å². The number of nitrogens with zero attached hydrogens (tertiary/aromatic N) is 1. The third-order valence-corrected chi connectivity index (χ3v) is 6.32. The van der Waals surface area contributed by atoms with Gasteiger partial charge in [-0.2, -0.15) is 0 Å². The average molecular weight is 408 g/mol. The Morgan fingerprint density at radius 2 is 2.12 bits per heavy atom. The molecule has 1 aromatic rings. The zero-order valence-electron chi connectivity index (χ0n) is 14.2. The first-order chi connectivity index (χ1) is 12.1. The average Bonchev–Trinajstić information content (AvgIpc) is 3.10. The van der Waals surface area contributed by atoms with Crippen LogP contribution in [0.2, 0.25) is 0 Å². The Balaban J connectivity index is 1.54. The SMILES string of the molecule is CC[C@@H]1[C@H]2O[C@@]3(CCCCN3C2=O)[C@H]1C(=O)OCc1ccc(Br)cc1. The van der Waals surface area contributed by atoms with E-state index in [9.17, 15) is 9.59 Å². The van der Waals surface area contributed by atoms with Crippen LogP contribution in [0.5, 0.6) is 0 Å². The summed E-state index contributed by atoms with van der Waals surface area (Å²) >= 11 is 3.40. The summed E-state index contributed by atoms with van der Waals surface area (Å²) in [6.07, 6.45) is 2.94. The maximum absolute atomic E-state index is 13.0. The van der Waals surface area contributed by atoms with Crippen molar-refractivity contribution in [3.05, 3.63) is 34.3 Å². The predicted molar refractivity (Wildman–Crippen MR) is 94.4 cm³/mol. The monoisotopic (exact) mass is 407 g/mol. The number of benzene rings is 1. The Bertz CT molecular complexity index is 691. The van der Waals surface area contributed by atoms with Gasteiger partial charge < -0.3 is 14.4 Å². The standard InChI is InChI=1S/C19H22BrNO4/c1-2-14-15(18(23)24-11-12-5-7-13(20)8-6-12)19-9-3-4-10-21(19)17(22)16(14)25-19/h5-8,14-16H,2-4,9-11H2,1H3/t14-,15+,16+,19-/m0/s1. The van der Waals surface area contributed by atoms with Crippen LogP contribution in [0.3, 0.4) is 0 Å². The fraction of sp³-hybridized carbons (Fsp3) is 0.579. The van der Waals surface area contributed by atoms with Crippen LogP contribution in [0.15, 0.2) is 28.7 Å². The Morgan fingerprint density at radius 1 is 1.36 bits per heavy atom. The van der Waals surface area contributed by atoms with Gasteiger partial charge in [0.15, 0.2) is 5.72 Å². The molecule has 0 saturated carbocycles. The molecular formula is C19H22BrNO4. The van der Waals surface area contributed by atoms with Crippen molar-refractivity contribution < 1.29 is 19.1 Å². The zero-order valence-corrected chi connectivity index (χ0v) is 15.8. The maximum atomic E-state index is 13.0. The van der Waals surface area contributed by atoms with Crippen molar-refractivity contribution in [1.82, 2.24) is 4.90 Å². The van der Waals surface area contributed by atoms with Gasteiger partial charge >= 0.3 is 5.97 Å². The molecule has 3 fully saturated rings. The Labute approximate surface area is 155 Å². The molecule has 3 saturated heterocycles. The summed E-state index contributed by atoms with van der Waals surface area (Å²) in [6.45, 7) is 2.94. The lowest BCUT2D eigenvalue weighted by Crippen LogP contribution is -2.60. The van der Waals surface area contributed by atoms with E-state index in [0.29, 0.717) is 6.54 Å². The van der Waals surface area contributed by atoms with Crippen LogP contribution in [-0.4, -0.2) is 35.2 Å². The van der Waals surface area contributed by atoms with Gasteiger partial charge in [-0.05, 0) is 43.4 Å². The molecule has 1 amide bonds. The molecule has 0 N–H and O–H groups in total. The maximum Gasteiger partial charge on any atom is 0.314 e. The molecule has 3 aliphatic rings. The van der Waals surface area contributed by atoms with Gasteiger partial charge in [-0.25, -0.2) is 0 Å². The quantitative estimate of drug-likeness (QED) is 0.718. The molecule has 0 aliphatic carbocycles. The Hall–Kier alpha value is -1.40. The largest absolute Gasteiger partial charge is 0.460 e. The van der Waals surface area contributed by atoms with Crippen molar-refractivity contribution in [2.24, 2.45) is 11.8 Å². The van der Waals surface area contributed by atoms with Crippen LogP contribution >= 0.6 is 15.9 Å². The summed E-state index contributed by atoms with van der Waals surface area (Å²) < 4.78 is 12.8. The number of amides is 1. The molecule has 0 aromatic heterocycles. The molecule has 134 valence electrons. The van der Waals surface area contributed by atoms with E-state index in [2.05, 4.69) is 15.9 Å². The van der Waals surface area contributed by atoms with Gasteiger partial charge in [0.05, 0.1) is 0 Å². The van der Waals surface area contributed by atoms with Crippen LogP contribution in [0.25, 0.3) is 0 Å². The number of hydrogen-bond donors (Lipinski definition) is 0. The summed E-state index contributed by atoms with van der Waals surface area (Å²) in [5.41, 5.74) is 0.181. The van der Waals surface area contributed by atoms with Crippen LogP contribution in [-0.2, 0) is 25.7 Å². The molecule has 5 nitrogen and oxygen atoms in total. The summed E-state index contributed by atoms with van der Waals surface area (Å²) in [5, 5.41) is 0.